The van der Waals surface area contributed by atoms with Gasteiger partial charge in [0.15, 0.2) is 6.04 Å². The average Bonchev–Trinajstić information content (AvgIpc) is 2.41. The van der Waals surface area contributed by atoms with Crippen LogP contribution in [0.3, 0.4) is 0 Å². The lowest BCUT2D eigenvalue weighted by Gasteiger charge is -2.32. The molecule has 0 bridgehead atoms. The van der Waals surface area contributed by atoms with Crippen LogP contribution in [0, 0.1) is 0 Å². The molecule has 0 radical (unpaired) electrons. The van der Waals surface area contributed by atoms with Crippen molar-refractivity contribution in [3.05, 3.63) is 33.8 Å². The van der Waals surface area contributed by atoms with Gasteiger partial charge in [0.05, 0.1) is 23.3 Å². The first kappa shape index (κ1) is 14.1. The first-order valence-electron chi connectivity index (χ1n) is 5.57. The number of amides is 1. The monoisotopic (exact) mass is 303 g/mol. The van der Waals surface area contributed by atoms with Gasteiger partial charge in [-0.2, -0.15) is 0 Å². The molecular weight excluding hydrogens is 293 g/mol. The Kier molecular flexibility index (Phi) is 4.29. The number of halogens is 2. The molecule has 1 saturated heterocycles. The standard InChI is InChI=1S/C12H11Cl2NO4/c13-8-2-1-7(5-9(8)14)11(16)15-3-4-19-6-10(15)12(17)18/h1-2,5,10H,3-4,6H2,(H,17,18)/t10-/m0/s1. The number of carbonyl (C=O) groups is 2. The number of ether oxygens (including phenoxy) is 1. The number of morpholine rings is 1. The van der Waals surface area contributed by atoms with Crippen molar-refractivity contribution in [1.82, 2.24) is 4.90 Å². The third-order valence-corrected chi connectivity index (χ3v) is 3.58. The first-order valence-corrected chi connectivity index (χ1v) is 6.33. The summed E-state index contributed by atoms with van der Waals surface area (Å²) in [6.45, 7) is 0.537. The number of carbonyl (C=O) groups excluding carboxylic acids is 1. The van der Waals surface area contributed by atoms with Gasteiger partial charge in [-0.25, -0.2) is 4.79 Å². The van der Waals surface area contributed by atoms with Crippen LogP contribution in [0.25, 0.3) is 0 Å². The highest BCUT2D eigenvalue weighted by Crippen LogP contribution is 2.24. The van der Waals surface area contributed by atoms with E-state index in [-0.39, 0.29) is 18.2 Å². The van der Waals surface area contributed by atoms with Crippen LogP contribution in [0.4, 0.5) is 0 Å². The van der Waals surface area contributed by atoms with Crippen molar-refractivity contribution in [2.45, 2.75) is 6.04 Å². The van der Waals surface area contributed by atoms with Gasteiger partial charge in [-0.3, -0.25) is 4.79 Å². The van der Waals surface area contributed by atoms with Crippen LogP contribution in [0.2, 0.25) is 10.0 Å². The summed E-state index contributed by atoms with van der Waals surface area (Å²) < 4.78 is 5.08. The van der Waals surface area contributed by atoms with E-state index in [9.17, 15) is 9.59 Å². The Balaban J connectivity index is 2.26. The maximum absolute atomic E-state index is 12.3. The number of carboxylic acids is 1. The molecular formula is C12H11Cl2NO4. The second-order valence-corrected chi connectivity index (χ2v) is 4.87. The highest BCUT2D eigenvalue weighted by molar-refractivity contribution is 6.42. The first-order chi connectivity index (χ1) is 9.00. The van der Waals surface area contributed by atoms with Crippen molar-refractivity contribution in [2.24, 2.45) is 0 Å². The van der Waals surface area contributed by atoms with Crippen molar-refractivity contribution >= 4 is 35.1 Å². The third-order valence-electron chi connectivity index (χ3n) is 2.84. The SMILES string of the molecule is O=C(O)[C@@H]1COCCN1C(=O)c1ccc(Cl)c(Cl)c1. The minimum Gasteiger partial charge on any atom is -0.480 e. The predicted octanol–water partition coefficient (Wildman–Crippen LogP) is 1.92. The fourth-order valence-electron chi connectivity index (χ4n) is 1.85. The molecule has 0 aromatic heterocycles. The van der Waals surface area contributed by atoms with Crippen LogP contribution < -0.4 is 0 Å². The number of nitrogens with zero attached hydrogens (tertiary/aromatic N) is 1. The Bertz CT molecular complexity index is 520. The molecule has 1 atom stereocenters. The van der Waals surface area contributed by atoms with E-state index < -0.39 is 17.9 Å². The molecule has 7 heteroatoms. The molecule has 1 aromatic rings. The molecule has 0 unspecified atom stereocenters. The Morgan fingerprint density at radius 3 is 2.68 bits per heavy atom. The highest BCUT2D eigenvalue weighted by Gasteiger charge is 2.33. The van der Waals surface area contributed by atoms with E-state index in [0.717, 1.165) is 0 Å². The highest BCUT2D eigenvalue weighted by atomic mass is 35.5. The van der Waals surface area contributed by atoms with Gasteiger partial charge in [-0.15, -0.1) is 0 Å². The maximum atomic E-state index is 12.3. The lowest BCUT2D eigenvalue weighted by molar-refractivity contribution is -0.147. The molecule has 1 fully saturated rings. The number of hydrogen-bond donors (Lipinski definition) is 1. The molecule has 5 nitrogen and oxygen atoms in total. The molecule has 1 aromatic carbocycles. The van der Waals surface area contributed by atoms with Crippen molar-refractivity contribution in [1.29, 1.82) is 0 Å². The number of benzene rings is 1. The van der Waals surface area contributed by atoms with Crippen molar-refractivity contribution in [3.8, 4) is 0 Å². The summed E-state index contributed by atoms with van der Waals surface area (Å²) in [5.41, 5.74) is 0.308. The molecule has 2 rings (SSSR count). The van der Waals surface area contributed by atoms with Crippen LogP contribution in [0.1, 0.15) is 10.4 Å². The smallest absolute Gasteiger partial charge is 0.328 e. The molecule has 1 amide bonds. The quantitative estimate of drug-likeness (QED) is 0.906. The molecule has 0 spiro atoms. The maximum Gasteiger partial charge on any atom is 0.328 e. The molecule has 102 valence electrons. The second-order valence-electron chi connectivity index (χ2n) is 4.06. The van der Waals surface area contributed by atoms with Crippen molar-refractivity contribution in [2.75, 3.05) is 19.8 Å². The summed E-state index contributed by atoms with van der Waals surface area (Å²) in [4.78, 5) is 24.7. The Hall–Kier alpha value is -1.30. The number of hydrogen-bond acceptors (Lipinski definition) is 3. The molecule has 1 heterocycles. The van der Waals surface area contributed by atoms with E-state index in [0.29, 0.717) is 17.2 Å². The van der Waals surface area contributed by atoms with Gasteiger partial charge in [0.25, 0.3) is 5.91 Å². The summed E-state index contributed by atoms with van der Waals surface area (Å²) in [6, 6.07) is 3.48. The van der Waals surface area contributed by atoms with Crippen molar-refractivity contribution < 1.29 is 19.4 Å². The van der Waals surface area contributed by atoms with Crippen LogP contribution in [-0.2, 0) is 9.53 Å². The minimum absolute atomic E-state index is 0.0115. The summed E-state index contributed by atoms with van der Waals surface area (Å²) >= 11 is 11.6. The summed E-state index contributed by atoms with van der Waals surface area (Å²) in [7, 11) is 0. The molecule has 19 heavy (non-hydrogen) atoms. The zero-order valence-electron chi connectivity index (χ0n) is 9.81. The van der Waals surface area contributed by atoms with Gasteiger partial charge in [0.2, 0.25) is 0 Å². The Labute approximate surface area is 119 Å². The summed E-state index contributed by atoms with van der Waals surface area (Å²) in [5, 5.41) is 9.68. The fourth-order valence-corrected chi connectivity index (χ4v) is 2.14. The third kappa shape index (κ3) is 3.00. The zero-order valence-corrected chi connectivity index (χ0v) is 11.3. The van der Waals surface area contributed by atoms with Gasteiger partial charge in [0.1, 0.15) is 0 Å². The lowest BCUT2D eigenvalue weighted by Crippen LogP contribution is -2.52. The van der Waals surface area contributed by atoms with E-state index in [2.05, 4.69) is 0 Å². The molecule has 1 aliphatic rings. The van der Waals surface area contributed by atoms with Crippen LogP contribution in [0.15, 0.2) is 18.2 Å². The number of aliphatic carboxylic acids is 1. The largest absolute Gasteiger partial charge is 0.480 e. The van der Waals surface area contributed by atoms with Crippen LogP contribution in [0.5, 0.6) is 0 Å². The van der Waals surface area contributed by atoms with Crippen LogP contribution in [-0.4, -0.2) is 47.7 Å². The fraction of sp³-hybridized carbons (Fsp3) is 0.333. The van der Waals surface area contributed by atoms with E-state index in [1.807, 2.05) is 0 Å². The van der Waals surface area contributed by atoms with Crippen LogP contribution >= 0.6 is 23.2 Å². The molecule has 0 saturated carbocycles. The predicted molar refractivity (Wildman–Crippen MR) is 69.7 cm³/mol. The Morgan fingerprint density at radius 1 is 1.32 bits per heavy atom. The van der Waals surface area contributed by atoms with Gasteiger partial charge in [0, 0.05) is 12.1 Å². The lowest BCUT2D eigenvalue weighted by atomic mass is 10.1. The van der Waals surface area contributed by atoms with E-state index >= 15 is 0 Å². The second kappa shape index (κ2) is 5.77. The summed E-state index contributed by atoms with van der Waals surface area (Å²) in [5.74, 6) is -1.48. The van der Waals surface area contributed by atoms with Gasteiger partial charge in [-0.05, 0) is 18.2 Å². The average molecular weight is 304 g/mol. The Morgan fingerprint density at radius 2 is 2.05 bits per heavy atom. The zero-order chi connectivity index (χ0) is 14.0. The van der Waals surface area contributed by atoms with E-state index in [1.165, 1.54) is 23.1 Å². The molecule has 0 aliphatic carbocycles. The minimum atomic E-state index is -1.09. The van der Waals surface area contributed by atoms with E-state index in [1.54, 1.807) is 0 Å². The van der Waals surface area contributed by atoms with Crippen molar-refractivity contribution in [3.63, 3.8) is 0 Å². The van der Waals surface area contributed by atoms with Gasteiger partial charge in [-0.1, -0.05) is 23.2 Å². The van der Waals surface area contributed by atoms with Gasteiger partial charge >= 0.3 is 5.97 Å². The number of carboxylic acid groups (broad SMARTS) is 1. The topological polar surface area (TPSA) is 66.8 Å². The van der Waals surface area contributed by atoms with Gasteiger partial charge < -0.3 is 14.7 Å². The normalized spacial score (nSPS) is 19.3. The summed E-state index contributed by atoms with van der Waals surface area (Å²) in [6.07, 6.45) is 0. The molecule has 1 aliphatic heterocycles. The molecule has 1 N–H and O–H groups in total. The number of rotatable bonds is 2. The van der Waals surface area contributed by atoms with E-state index in [4.69, 9.17) is 33.0 Å².